The largest absolute Gasteiger partial charge is 0.486 e. The van der Waals surface area contributed by atoms with Gasteiger partial charge < -0.3 is 14.6 Å². The average molecular weight is 262 g/mol. The van der Waals surface area contributed by atoms with Gasteiger partial charge in [-0.3, -0.25) is 4.79 Å². The van der Waals surface area contributed by atoms with Gasteiger partial charge in [-0.05, 0) is 36.5 Å². The molecule has 0 aromatic heterocycles. The van der Waals surface area contributed by atoms with E-state index in [9.17, 15) is 9.90 Å². The molecule has 0 radical (unpaired) electrons. The van der Waals surface area contributed by atoms with Crippen LogP contribution in [0.5, 0.6) is 11.5 Å². The Morgan fingerprint density at radius 1 is 1.16 bits per heavy atom. The summed E-state index contributed by atoms with van der Waals surface area (Å²) in [5, 5.41) is 9.52. The van der Waals surface area contributed by atoms with E-state index in [1.807, 2.05) is 18.2 Å². The van der Waals surface area contributed by atoms with Gasteiger partial charge >= 0.3 is 5.97 Å². The summed E-state index contributed by atoms with van der Waals surface area (Å²) in [5.74, 6) is 0.487. The molecule has 1 unspecified atom stereocenters. The Bertz CT molecular complexity index is 477. The first kappa shape index (κ1) is 12.3. The summed E-state index contributed by atoms with van der Waals surface area (Å²) in [4.78, 5) is 11.6. The molecular weight excluding hydrogens is 244 g/mol. The molecule has 0 amide bonds. The quantitative estimate of drug-likeness (QED) is 0.910. The van der Waals surface area contributed by atoms with Crippen LogP contribution in [0.15, 0.2) is 18.2 Å². The van der Waals surface area contributed by atoms with Crippen molar-refractivity contribution in [3.63, 3.8) is 0 Å². The van der Waals surface area contributed by atoms with E-state index >= 15 is 0 Å². The highest BCUT2D eigenvalue weighted by atomic mass is 16.6. The SMILES string of the molecule is O=C(O)C(c1ccc2c(c1)OCCO2)C1CCCC1. The maximum absolute atomic E-state index is 11.6. The highest BCUT2D eigenvalue weighted by Gasteiger charge is 2.32. The number of fused-ring (bicyclic) bond motifs is 1. The number of carboxylic acid groups (broad SMARTS) is 1. The van der Waals surface area contributed by atoms with Crippen LogP contribution in [0.3, 0.4) is 0 Å². The monoisotopic (exact) mass is 262 g/mol. The lowest BCUT2D eigenvalue weighted by atomic mass is 9.85. The summed E-state index contributed by atoms with van der Waals surface area (Å²) in [6, 6.07) is 5.53. The number of benzene rings is 1. The van der Waals surface area contributed by atoms with Gasteiger partial charge in [-0.2, -0.15) is 0 Å². The van der Waals surface area contributed by atoms with Gasteiger partial charge in [-0.15, -0.1) is 0 Å². The van der Waals surface area contributed by atoms with Crippen molar-refractivity contribution in [2.24, 2.45) is 5.92 Å². The summed E-state index contributed by atoms with van der Waals surface area (Å²) < 4.78 is 11.0. The second-order valence-corrected chi connectivity index (χ2v) is 5.26. The van der Waals surface area contributed by atoms with Gasteiger partial charge in [0.15, 0.2) is 11.5 Å². The average Bonchev–Trinajstić information content (AvgIpc) is 2.92. The first-order valence-electron chi connectivity index (χ1n) is 6.88. The van der Waals surface area contributed by atoms with Crippen molar-refractivity contribution >= 4 is 5.97 Å². The molecule has 1 aliphatic heterocycles. The molecule has 3 rings (SSSR count). The van der Waals surface area contributed by atoms with Crippen LogP contribution in [-0.2, 0) is 4.79 Å². The zero-order valence-electron chi connectivity index (χ0n) is 10.8. The molecule has 1 saturated carbocycles. The molecule has 1 atom stereocenters. The van der Waals surface area contributed by atoms with Crippen molar-refractivity contribution in [3.05, 3.63) is 23.8 Å². The summed E-state index contributed by atoms with van der Waals surface area (Å²) in [5.41, 5.74) is 0.837. The number of rotatable bonds is 3. The molecule has 4 nitrogen and oxygen atoms in total. The smallest absolute Gasteiger partial charge is 0.311 e. The molecule has 0 bridgehead atoms. The molecule has 1 aliphatic carbocycles. The highest BCUT2D eigenvalue weighted by Crippen LogP contribution is 2.40. The third-order valence-electron chi connectivity index (χ3n) is 4.06. The van der Waals surface area contributed by atoms with Gasteiger partial charge in [0.2, 0.25) is 0 Å². The minimum Gasteiger partial charge on any atom is -0.486 e. The molecule has 1 aromatic rings. The Balaban J connectivity index is 1.91. The molecule has 1 N–H and O–H groups in total. The minimum absolute atomic E-state index is 0.250. The molecular formula is C15H18O4. The Kier molecular flexibility index (Phi) is 3.32. The van der Waals surface area contributed by atoms with Gasteiger partial charge in [0.05, 0.1) is 5.92 Å². The van der Waals surface area contributed by atoms with E-state index in [1.54, 1.807) is 0 Å². The molecule has 19 heavy (non-hydrogen) atoms. The van der Waals surface area contributed by atoms with Crippen LogP contribution >= 0.6 is 0 Å². The molecule has 2 aliphatic rings. The summed E-state index contributed by atoms with van der Waals surface area (Å²) in [6.45, 7) is 1.08. The van der Waals surface area contributed by atoms with E-state index in [0.717, 1.165) is 31.2 Å². The van der Waals surface area contributed by atoms with E-state index in [4.69, 9.17) is 9.47 Å². The molecule has 102 valence electrons. The number of carboxylic acids is 1. The normalized spacial score (nSPS) is 20.2. The lowest BCUT2D eigenvalue weighted by Crippen LogP contribution is -2.21. The van der Waals surface area contributed by atoms with Crippen LogP contribution in [0.4, 0.5) is 0 Å². The van der Waals surface area contributed by atoms with Gasteiger partial charge in [-0.25, -0.2) is 0 Å². The standard InChI is InChI=1S/C15H18O4/c16-15(17)14(10-3-1-2-4-10)11-5-6-12-13(9-11)19-8-7-18-12/h5-6,9-10,14H,1-4,7-8H2,(H,16,17). The van der Waals surface area contributed by atoms with Gasteiger partial charge in [-0.1, -0.05) is 18.9 Å². The predicted molar refractivity (Wildman–Crippen MR) is 69.8 cm³/mol. The molecule has 1 fully saturated rings. The number of carbonyl (C=O) groups is 1. The van der Waals surface area contributed by atoms with Crippen molar-refractivity contribution in [1.29, 1.82) is 0 Å². The number of hydrogen-bond donors (Lipinski definition) is 1. The van der Waals surface area contributed by atoms with Crippen molar-refractivity contribution in [2.45, 2.75) is 31.6 Å². The Morgan fingerprint density at radius 2 is 1.84 bits per heavy atom. The Hall–Kier alpha value is -1.71. The van der Waals surface area contributed by atoms with Crippen LogP contribution < -0.4 is 9.47 Å². The number of aliphatic carboxylic acids is 1. The van der Waals surface area contributed by atoms with Crippen LogP contribution in [0.1, 0.15) is 37.2 Å². The molecule has 1 aromatic carbocycles. The fourth-order valence-electron chi connectivity index (χ4n) is 3.16. The first-order chi connectivity index (χ1) is 9.25. The zero-order chi connectivity index (χ0) is 13.2. The van der Waals surface area contributed by atoms with Crippen molar-refractivity contribution in [3.8, 4) is 11.5 Å². The topological polar surface area (TPSA) is 55.8 Å². The van der Waals surface area contributed by atoms with E-state index in [1.165, 1.54) is 0 Å². The second kappa shape index (κ2) is 5.11. The van der Waals surface area contributed by atoms with E-state index in [2.05, 4.69) is 0 Å². The van der Waals surface area contributed by atoms with Crippen LogP contribution in [0, 0.1) is 5.92 Å². The third kappa shape index (κ3) is 2.39. The second-order valence-electron chi connectivity index (χ2n) is 5.26. The van der Waals surface area contributed by atoms with Crippen molar-refractivity contribution in [1.82, 2.24) is 0 Å². The maximum atomic E-state index is 11.6. The lowest BCUT2D eigenvalue weighted by molar-refractivity contribution is -0.140. The lowest BCUT2D eigenvalue weighted by Gasteiger charge is -2.23. The predicted octanol–water partition coefficient (Wildman–Crippen LogP) is 2.82. The fourth-order valence-corrected chi connectivity index (χ4v) is 3.16. The summed E-state index contributed by atoms with van der Waals surface area (Å²) in [7, 11) is 0. The summed E-state index contributed by atoms with van der Waals surface area (Å²) in [6.07, 6.45) is 4.29. The van der Waals surface area contributed by atoms with E-state index in [-0.39, 0.29) is 5.92 Å². The van der Waals surface area contributed by atoms with Crippen molar-refractivity contribution in [2.75, 3.05) is 13.2 Å². The van der Waals surface area contributed by atoms with E-state index in [0.29, 0.717) is 24.7 Å². The van der Waals surface area contributed by atoms with Gasteiger partial charge in [0.25, 0.3) is 0 Å². The van der Waals surface area contributed by atoms with Gasteiger partial charge in [0, 0.05) is 0 Å². The van der Waals surface area contributed by atoms with E-state index < -0.39 is 11.9 Å². The molecule has 0 saturated heterocycles. The molecule has 1 heterocycles. The maximum Gasteiger partial charge on any atom is 0.311 e. The van der Waals surface area contributed by atoms with Crippen molar-refractivity contribution < 1.29 is 19.4 Å². The minimum atomic E-state index is -0.733. The van der Waals surface area contributed by atoms with Crippen LogP contribution in [0.25, 0.3) is 0 Å². The number of ether oxygens (including phenoxy) is 2. The molecule has 0 spiro atoms. The Morgan fingerprint density at radius 3 is 2.53 bits per heavy atom. The Labute approximate surface area is 112 Å². The zero-order valence-corrected chi connectivity index (χ0v) is 10.8. The third-order valence-corrected chi connectivity index (χ3v) is 4.06. The molecule has 4 heteroatoms. The first-order valence-corrected chi connectivity index (χ1v) is 6.88. The number of hydrogen-bond acceptors (Lipinski definition) is 3. The highest BCUT2D eigenvalue weighted by molar-refractivity contribution is 5.77. The fraction of sp³-hybridized carbons (Fsp3) is 0.533. The van der Waals surface area contributed by atoms with Gasteiger partial charge in [0.1, 0.15) is 13.2 Å². The van der Waals surface area contributed by atoms with Crippen LogP contribution in [0.2, 0.25) is 0 Å². The van der Waals surface area contributed by atoms with Crippen LogP contribution in [-0.4, -0.2) is 24.3 Å². The summed E-state index contributed by atoms with van der Waals surface area (Å²) >= 11 is 0.